The molecular formula is C7H12N4O2. The molecule has 0 spiro atoms. The third kappa shape index (κ3) is 2.83. The Bertz CT molecular complexity index is 323. The highest BCUT2D eigenvalue weighted by Gasteiger charge is 1.97. The van der Waals surface area contributed by atoms with Crippen LogP contribution in [0.1, 0.15) is 12.1 Å². The van der Waals surface area contributed by atoms with Crippen molar-refractivity contribution in [3.63, 3.8) is 0 Å². The fraction of sp³-hybridized carbons (Fsp3) is 0.571. The molecule has 72 valence electrons. The van der Waals surface area contributed by atoms with Crippen molar-refractivity contribution in [3.05, 3.63) is 16.0 Å². The van der Waals surface area contributed by atoms with Crippen LogP contribution in [-0.4, -0.2) is 33.4 Å². The predicted octanol–water partition coefficient (Wildman–Crippen LogP) is -0.732. The number of nitrogens with one attached hydrogen (secondary N) is 2. The van der Waals surface area contributed by atoms with Gasteiger partial charge < -0.3 is 10.4 Å². The fourth-order valence-corrected chi connectivity index (χ4v) is 0.759. The zero-order valence-electron chi connectivity index (χ0n) is 7.37. The molecule has 1 heterocycles. The summed E-state index contributed by atoms with van der Waals surface area (Å²) >= 11 is 0. The smallest absolute Gasteiger partial charge is 0.273 e. The number of rotatable bonds is 4. The highest BCUT2D eigenvalue weighted by molar-refractivity contribution is 5.20. The maximum absolute atomic E-state index is 11.0. The molecule has 1 aromatic heterocycles. The molecule has 0 bridgehead atoms. The molecule has 0 amide bonds. The maximum atomic E-state index is 11.0. The Morgan fingerprint density at radius 2 is 2.31 bits per heavy atom. The Morgan fingerprint density at radius 3 is 2.92 bits per heavy atom. The average Bonchev–Trinajstić information content (AvgIpc) is 2.12. The maximum Gasteiger partial charge on any atom is 0.273 e. The number of aliphatic hydroxyl groups is 1. The van der Waals surface area contributed by atoms with Gasteiger partial charge in [0.2, 0.25) is 5.95 Å². The van der Waals surface area contributed by atoms with Crippen LogP contribution in [0.15, 0.2) is 4.79 Å². The highest BCUT2D eigenvalue weighted by Crippen LogP contribution is 1.90. The van der Waals surface area contributed by atoms with Crippen LogP contribution in [0.3, 0.4) is 0 Å². The Hall–Kier alpha value is -1.43. The first-order valence-corrected chi connectivity index (χ1v) is 4.02. The predicted molar refractivity (Wildman–Crippen MR) is 47.6 cm³/mol. The lowest BCUT2D eigenvalue weighted by Crippen LogP contribution is -2.17. The highest BCUT2D eigenvalue weighted by atomic mass is 16.3. The van der Waals surface area contributed by atoms with Crippen LogP contribution in [0.5, 0.6) is 0 Å². The molecule has 0 aliphatic carbocycles. The fourth-order valence-electron chi connectivity index (χ4n) is 0.759. The standard InChI is InChI=1S/C7H12N4O2/c1-5-6(13)9-7(11-10-5)8-3-2-4-12/h12H,2-4H2,1H3,(H2,8,9,11,13). The number of nitrogens with zero attached hydrogens (tertiary/aromatic N) is 2. The summed E-state index contributed by atoms with van der Waals surface area (Å²) in [6.07, 6.45) is 0.609. The Kier molecular flexibility index (Phi) is 3.39. The van der Waals surface area contributed by atoms with Gasteiger partial charge in [-0.15, -0.1) is 10.2 Å². The summed E-state index contributed by atoms with van der Waals surface area (Å²) in [4.78, 5) is 13.5. The number of aromatic amines is 1. The lowest BCUT2D eigenvalue weighted by molar-refractivity contribution is 0.292. The summed E-state index contributed by atoms with van der Waals surface area (Å²) in [7, 11) is 0. The molecule has 6 nitrogen and oxygen atoms in total. The van der Waals surface area contributed by atoms with Crippen molar-refractivity contribution in [1.29, 1.82) is 0 Å². The van der Waals surface area contributed by atoms with E-state index in [1.807, 2.05) is 0 Å². The summed E-state index contributed by atoms with van der Waals surface area (Å²) in [6, 6.07) is 0. The Morgan fingerprint density at radius 1 is 1.54 bits per heavy atom. The molecule has 0 saturated heterocycles. The van der Waals surface area contributed by atoms with E-state index in [-0.39, 0.29) is 12.2 Å². The molecule has 3 N–H and O–H groups in total. The van der Waals surface area contributed by atoms with E-state index in [1.54, 1.807) is 6.92 Å². The largest absolute Gasteiger partial charge is 0.396 e. The molecule has 13 heavy (non-hydrogen) atoms. The number of anilines is 1. The minimum atomic E-state index is -0.249. The van der Waals surface area contributed by atoms with Crippen molar-refractivity contribution >= 4 is 5.95 Å². The minimum Gasteiger partial charge on any atom is -0.396 e. The summed E-state index contributed by atoms with van der Waals surface area (Å²) in [5.74, 6) is 0.337. The average molecular weight is 184 g/mol. The van der Waals surface area contributed by atoms with E-state index in [9.17, 15) is 4.79 Å². The topological polar surface area (TPSA) is 90.9 Å². The molecule has 6 heteroatoms. The van der Waals surface area contributed by atoms with Gasteiger partial charge in [-0.1, -0.05) is 0 Å². The number of hydrogen-bond acceptors (Lipinski definition) is 5. The lowest BCUT2D eigenvalue weighted by atomic mass is 10.4. The molecule has 0 saturated carbocycles. The molecular weight excluding hydrogens is 172 g/mol. The molecule has 0 atom stereocenters. The van der Waals surface area contributed by atoms with Crippen molar-refractivity contribution in [2.45, 2.75) is 13.3 Å². The number of hydrogen-bond donors (Lipinski definition) is 3. The van der Waals surface area contributed by atoms with E-state index < -0.39 is 0 Å². The van der Waals surface area contributed by atoms with Crippen LogP contribution in [0, 0.1) is 6.92 Å². The van der Waals surface area contributed by atoms with Crippen LogP contribution in [0.4, 0.5) is 5.95 Å². The van der Waals surface area contributed by atoms with Gasteiger partial charge in [-0.05, 0) is 13.3 Å². The first-order chi connectivity index (χ1) is 6.24. The first kappa shape index (κ1) is 9.66. The van der Waals surface area contributed by atoms with Gasteiger partial charge in [0.05, 0.1) is 0 Å². The van der Waals surface area contributed by atoms with E-state index in [0.717, 1.165) is 0 Å². The van der Waals surface area contributed by atoms with E-state index >= 15 is 0 Å². The lowest BCUT2D eigenvalue weighted by Gasteiger charge is -2.01. The Labute approximate surface area is 75.0 Å². The second-order valence-electron chi connectivity index (χ2n) is 2.59. The van der Waals surface area contributed by atoms with E-state index in [0.29, 0.717) is 24.6 Å². The molecule has 0 fully saturated rings. The molecule has 0 aromatic carbocycles. The molecule has 1 rings (SSSR count). The number of aromatic nitrogens is 3. The van der Waals surface area contributed by atoms with Gasteiger partial charge in [0.25, 0.3) is 5.56 Å². The van der Waals surface area contributed by atoms with Crippen LogP contribution < -0.4 is 10.9 Å². The number of H-pyrrole nitrogens is 1. The summed E-state index contributed by atoms with van der Waals surface area (Å²) in [5, 5.41) is 18.7. The molecule has 0 aliphatic heterocycles. The number of aliphatic hydroxyl groups excluding tert-OH is 1. The molecule has 0 aliphatic rings. The van der Waals surface area contributed by atoms with E-state index in [1.165, 1.54) is 0 Å². The van der Waals surface area contributed by atoms with Gasteiger partial charge in [0, 0.05) is 13.2 Å². The SMILES string of the molecule is Cc1nnc(NCCCO)[nH]c1=O. The second kappa shape index (κ2) is 4.56. The van der Waals surface area contributed by atoms with Crippen LogP contribution in [0.2, 0.25) is 0 Å². The van der Waals surface area contributed by atoms with Gasteiger partial charge in [-0.25, -0.2) is 0 Å². The minimum absolute atomic E-state index is 0.108. The van der Waals surface area contributed by atoms with Gasteiger partial charge in [0.15, 0.2) is 0 Å². The second-order valence-corrected chi connectivity index (χ2v) is 2.59. The van der Waals surface area contributed by atoms with Crippen LogP contribution in [0.25, 0.3) is 0 Å². The van der Waals surface area contributed by atoms with Crippen molar-refractivity contribution in [3.8, 4) is 0 Å². The summed E-state index contributed by atoms with van der Waals surface area (Å²) in [5.41, 5.74) is 0.0919. The van der Waals surface area contributed by atoms with Gasteiger partial charge in [-0.3, -0.25) is 9.78 Å². The third-order valence-electron chi connectivity index (χ3n) is 1.49. The van der Waals surface area contributed by atoms with Crippen LogP contribution >= 0.6 is 0 Å². The van der Waals surface area contributed by atoms with Crippen molar-refractivity contribution in [1.82, 2.24) is 15.2 Å². The van der Waals surface area contributed by atoms with Gasteiger partial charge in [0.1, 0.15) is 5.69 Å². The van der Waals surface area contributed by atoms with Crippen molar-refractivity contribution in [2.75, 3.05) is 18.5 Å². The zero-order chi connectivity index (χ0) is 9.68. The first-order valence-electron chi connectivity index (χ1n) is 4.02. The summed E-state index contributed by atoms with van der Waals surface area (Å²) in [6.45, 7) is 2.25. The molecule has 0 radical (unpaired) electrons. The zero-order valence-corrected chi connectivity index (χ0v) is 7.37. The van der Waals surface area contributed by atoms with Crippen molar-refractivity contribution in [2.24, 2.45) is 0 Å². The summed E-state index contributed by atoms with van der Waals surface area (Å²) < 4.78 is 0. The van der Waals surface area contributed by atoms with Crippen LogP contribution in [-0.2, 0) is 0 Å². The van der Waals surface area contributed by atoms with Gasteiger partial charge >= 0.3 is 0 Å². The molecule has 0 unspecified atom stereocenters. The quantitative estimate of drug-likeness (QED) is 0.536. The third-order valence-corrected chi connectivity index (χ3v) is 1.49. The van der Waals surface area contributed by atoms with Crippen molar-refractivity contribution < 1.29 is 5.11 Å². The molecule has 1 aromatic rings. The van der Waals surface area contributed by atoms with Gasteiger partial charge in [-0.2, -0.15) is 0 Å². The van der Waals surface area contributed by atoms with E-state index in [4.69, 9.17) is 5.11 Å². The Balaban J connectivity index is 2.58. The monoisotopic (exact) mass is 184 g/mol. The normalized spacial score (nSPS) is 10.0. The van der Waals surface area contributed by atoms with E-state index in [2.05, 4.69) is 20.5 Å². The number of aryl methyl sites for hydroxylation is 1.